The summed E-state index contributed by atoms with van der Waals surface area (Å²) in [6, 6.07) is 4.10. The third kappa shape index (κ3) is 2.81. The lowest BCUT2D eigenvalue weighted by molar-refractivity contribution is 0.384. The second-order valence-corrected chi connectivity index (χ2v) is 5.76. The fraction of sp³-hybridized carbons (Fsp3) is 0.250. The molecule has 0 unspecified atom stereocenters. The molecule has 20 heavy (non-hydrogen) atoms. The van der Waals surface area contributed by atoms with Crippen molar-refractivity contribution in [3.63, 3.8) is 0 Å². The van der Waals surface area contributed by atoms with Gasteiger partial charge in [-0.15, -0.1) is 0 Å². The number of sulfonamides is 1. The molecule has 0 aliphatic rings. The number of nitrogens with zero attached hydrogens (tertiary/aromatic N) is 1. The monoisotopic (exact) mass is 300 g/mol. The summed E-state index contributed by atoms with van der Waals surface area (Å²) in [4.78, 5) is -0.140. The van der Waals surface area contributed by atoms with Gasteiger partial charge in [-0.1, -0.05) is 5.16 Å². The molecule has 108 valence electrons. The summed E-state index contributed by atoms with van der Waals surface area (Å²) in [5.74, 6) is -0.699. The number of methoxy groups -OCH3 is 1. The third-order valence-electron chi connectivity index (χ3n) is 2.75. The van der Waals surface area contributed by atoms with E-state index in [0.717, 1.165) is 0 Å². The number of halogens is 1. The highest BCUT2D eigenvalue weighted by atomic mass is 32.2. The maximum atomic E-state index is 13.9. The topological polar surface area (TPSA) is 81.4 Å². The van der Waals surface area contributed by atoms with E-state index in [1.165, 1.54) is 38.5 Å². The van der Waals surface area contributed by atoms with Crippen LogP contribution in [-0.2, 0) is 16.6 Å². The van der Waals surface area contributed by atoms with Crippen LogP contribution in [-0.4, -0.2) is 20.7 Å². The van der Waals surface area contributed by atoms with Crippen molar-refractivity contribution < 1.29 is 22.1 Å². The van der Waals surface area contributed by atoms with Crippen LogP contribution in [0.5, 0.6) is 5.75 Å². The molecule has 0 atom stereocenters. The summed E-state index contributed by atoms with van der Waals surface area (Å²) in [5.41, 5.74) is 0.428. The Balaban J connectivity index is 2.28. The molecule has 0 radical (unpaired) electrons. The zero-order valence-electron chi connectivity index (χ0n) is 10.9. The summed E-state index contributed by atoms with van der Waals surface area (Å²) in [7, 11) is -2.53. The highest BCUT2D eigenvalue weighted by Gasteiger charge is 2.21. The van der Waals surface area contributed by atoms with Crippen LogP contribution in [0.25, 0.3) is 0 Å². The molecule has 0 spiro atoms. The number of rotatable bonds is 5. The normalized spacial score (nSPS) is 11.6. The molecule has 0 fully saturated rings. The predicted octanol–water partition coefficient (Wildman–Crippen LogP) is 1.61. The van der Waals surface area contributed by atoms with Crippen LogP contribution < -0.4 is 9.46 Å². The van der Waals surface area contributed by atoms with Crippen molar-refractivity contribution in [1.29, 1.82) is 0 Å². The SMILES string of the molecule is COc1ccc(S(=O)(=O)NCc2ccon2)c(C)c1F. The molecule has 0 aliphatic heterocycles. The van der Waals surface area contributed by atoms with Crippen molar-refractivity contribution in [1.82, 2.24) is 9.88 Å². The summed E-state index contributed by atoms with van der Waals surface area (Å²) in [5, 5.41) is 3.58. The van der Waals surface area contributed by atoms with Crippen molar-refractivity contribution in [2.75, 3.05) is 7.11 Å². The first-order valence-corrected chi connectivity index (χ1v) is 7.16. The van der Waals surface area contributed by atoms with Crippen molar-refractivity contribution >= 4 is 10.0 Å². The Morgan fingerprint density at radius 1 is 1.40 bits per heavy atom. The van der Waals surface area contributed by atoms with Gasteiger partial charge < -0.3 is 9.26 Å². The Morgan fingerprint density at radius 3 is 2.75 bits per heavy atom. The summed E-state index contributed by atoms with van der Waals surface area (Å²) < 4.78 is 49.8. The highest BCUT2D eigenvalue weighted by Crippen LogP contribution is 2.25. The molecule has 2 rings (SSSR count). The van der Waals surface area contributed by atoms with Crippen LogP contribution in [0.4, 0.5) is 4.39 Å². The molecule has 0 saturated heterocycles. The highest BCUT2D eigenvalue weighted by molar-refractivity contribution is 7.89. The van der Waals surface area contributed by atoms with Crippen LogP contribution in [0.2, 0.25) is 0 Å². The van der Waals surface area contributed by atoms with E-state index in [1.807, 2.05) is 0 Å². The Morgan fingerprint density at radius 2 is 2.15 bits per heavy atom. The molecule has 2 aromatic rings. The number of ether oxygens (including phenoxy) is 1. The van der Waals surface area contributed by atoms with Gasteiger partial charge in [0.15, 0.2) is 11.6 Å². The Kier molecular flexibility index (Phi) is 4.05. The van der Waals surface area contributed by atoms with Crippen LogP contribution in [0.1, 0.15) is 11.3 Å². The molecule has 1 heterocycles. The number of hydrogen-bond donors (Lipinski definition) is 1. The van der Waals surface area contributed by atoms with Crippen molar-refractivity contribution in [2.24, 2.45) is 0 Å². The number of nitrogens with one attached hydrogen (secondary N) is 1. The van der Waals surface area contributed by atoms with E-state index < -0.39 is 15.8 Å². The lowest BCUT2D eigenvalue weighted by Crippen LogP contribution is -2.24. The summed E-state index contributed by atoms with van der Waals surface area (Å²) >= 11 is 0. The summed E-state index contributed by atoms with van der Waals surface area (Å²) in [6.45, 7) is 1.34. The maximum absolute atomic E-state index is 13.9. The molecule has 1 aromatic carbocycles. The van der Waals surface area contributed by atoms with Gasteiger partial charge in [0, 0.05) is 11.6 Å². The third-order valence-corrected chi connectivity index (χ3v) is 4.29. The van der Waals surface area contributed by atoms with Crippen molar-refractivity contribution in [3.05, 3.63) is 41.5 Å². The Labute approximate surface area is 115 Å². The first kappa shape index (κ1) is 14.5. The molecule has 8 heteroatoms. The first-order valence-electron chi connectivity index (χ1n) is 5.67. The molecular weight excluding hydrogens is 287 g/mol. The molecule has 0 saturated carbocycles. The molecule has 0 bridgehead atoms. The van der Waals surface area contributed by atoms with E-state index in [4.69, 9.17) is 4.74 Å². The minimum absolute atomic E-state index is 0.00190. The van der Waals surface area contributed by atoms with Gasteiger partial charge in [-0.25, -0.2) is 17.5 Å². The number of aromatic nitrogens is 1. The standard InChI is InChI=1S/C12H13FN2O4S/c1-8-11(4-3-10(18-2)12(8)13)20(16,17)14-7-9-5-6-19-15-9/h3-6,14H,7H2,1-2H3. The van der Waals surface area contributed by atoms with Crippen LogP contribution in [0.15, 0.2) is 33.9 Å². The van der Waals surface area contributed by atoms with Gasteiger partial charge in [-0.3, -0.25) is 0 Å². The van der Waals surface area contributed by atoms with Gasteiger partial charge in [-0.2, -0.15) is 0 Å². The molecule has 1 aromatic heterocycles. The van der Waals surface area contributed by atoms with Gasteiger partial charge in [0.05, 0.1) is 24.2 Å². The van der Waals surface area contributed by atoms with Crippen LogP contribution in [0.3, 0.4) is 0 Å². The van der Waals surface area contributed by atoms with E-state index in [0.29, 0.717) is 5.69 Å². The largest absolute Gasteiger partial charge is 0.494 e. The van der Waals surface area contributed by atoms with Crippen LogP contribution in [0, 0.1) is 12.7 Å². The van der Waals surface area contributed by atoms with Gasteiger partial charge in [0.1, 0.15) is 6.26 Å². The van der Waals surface area contributed by atoms with Crippen molar-refractivity contribution in [3.8, 4) is 5.75 Å². The fourth-order valence-corrected chi connectivity index (χ4v) is 2.90. The average Bonchev–Trinajstić information content (AvgIpc) is 2.92. The van der Waals surface area contributed by atoms with Crippen molar-refractivity contribution in [2.45, 2.75) is 18.4 Å². The average molecular weight is 300 g/mol. The number of benzene rings is 1. The Bertz CT molecular complexity index is 698. The smallest absolute Gasteiger partial charge is 0.241 e. The van der Waals surface area contributed by atoms with E-state index >= 15 is 0 Å². The molecule has 1 N–H and O–H groups in total. The molecular formula is C12H13FN2O4S. The van der Waals surface area contributed by atoms with E-state index in [-0.39, 0.29) is 22.8 Å². The quantitative estimate of drug-likeness (QED) is 0.907. The molecule has 0 amide bonds. The van der Waals surface area contributed by atoms with Crippen LogP contribution >= 0.6 is 0 Å². The second kappa shape index (κ2) is 5.59. The minimum Gasteiger partial charge on any atom is -0.494 e. The molecule has 6 nitrogen and oxygen atoms in total. The maximum Gasteiger partial charge on any atom is 0.241 e. The lowest BCUT2D eigenvalue weighted by atomic mass is 10.2. The molecule has 0 aliphatic carbocycles. The van der Waals surface area contributed by atoms with E-state index in [2.05, 4.69) is 14.4 Å². The van der Waals surface area contributed by atoms with Gasteiger partial charge >= 0.3 is 0 Å². The van der Waals surface area contributed by atoms with Gasteiger partial charge in [-0.05, 0) is 19.1 Å². The van der Waals surface area contributed by atoms with Gasteiger partial charge in [0.2, 0.25) is 10.0 Å². The zero-order valence-corrected chi connectivity index (χ0v) is 11.7. The minimum atomic E-state index is -3.84. The van der Waals surface area contributed by atoms with E-state index in [1.54, 1.807) is 0 Å². The fourth-order valence-electron chi connectivity index (χ4n) is 1.67. The first-order chi connectivity index (χ1) is 9.45. The second-order valence-electron chi connectivity index (χ2n) is 4.02. The van der Waals surface area contributed by atoms with Gasteiger partial charge in [0.25, 0.3) is 0 Å². The zero-order chi connectivity index (χ0) is 14.8. The summed E-state index contributed by atoms with van der Waals surface area (Å²) in [6.07, 6.45) is 1.34. The Hall–Kier alpha value is -1.93. The lowest BCUT2D eigenvalue weighted by Gasteiger charge is -2.11. The van der Waals surface area contributed by atoms with E-state index in [9.17, 15) is 12.8 Å². The number of hydrogen-bond acceptors (Lipinski definition) is 5. The predicted molar refractivity (Wildman–Crippen MR) is 68.2 cm³/mol.